The molecule has 1 aromatic carbocycles. The Morgan fingerprint density at radius 1 is 0.765 bits per heavy atom. The molecule has 1 aliphatic carbocycles. The molecule has 2 heterocycles. The minimum Gasteiger partial charge on any atom is -0.458 e. The van der Waals surface area contributed by atoms with Gasteiger partial charge in [-0.05, 0) is 17.7 Å². The third kappa shape index (κ3) is 4.22. The molecule has 1 N–H and O–H groups in total. The molecule has 1 aromatic rings. The molecule has 0 radical (unpaired) electrons. The van der Waals surface area contributed by atoms with Gasteiger partial charge in [0.05, 0.1) is 6.04 Å². The van der Waals surface area contributed by atoms with Gasteiger partial charge in [-0.25, -0.2) is 0 Å². The number of amides is 1. The number of fused-ring (bicyclic) bond motifs is 4. The Hall–Kier alpha value is -3.83. The number of hydrogen-bond donors (Lipinski definition) is 1. The monoisotopic (exact) mass is 477 g/mol. The lowest BCUT2D eigenvalue weighted by molar-refractivity contribution is -0.217. The van der Waals surface area contributed by atoms with Gasteiger partial charge in [0, 0.05) is 39.2 Å². The predicted molar refractivity (Wildman–Crippen MR) is 109 cm³/mol. The molecule has 1 saturated carbocycles. The van der Waals surface area contributed by atoms with Gasteiger partial charge in [0.2, 0.25) is 6.79 Å². The summed E-state index contributed by atoms with van der Waals surface area (Å²) in [4.78, 5) is 61.0. The van der Waals surface area contributed by atoms with E-state index in [0.717, 1.165) is 20.8 Å². The zero-order chi connectivity index (χ0) is 24.7. The van der Waals surface area contributed by atoms with E-state index in [1.165, 1.54) is 13.0 Å². The number of esters is 4. The van der Waals surface area contributed by atoms with Gasteiger partial charge in [-0.3, -0.25) is 24.0 Å². The van der Waals surface area contributed by atoms with E-state index in [0.29, 0.717) is 17.1 Å². The fourth-order valence-corrected chi connectivity index (χ4v) is 4.71. The van der Waals surface area contributed by atoms with E-state index < -0.39 is 66.2 Å². The maximum atomic E-state index is 13.0. The van der Waals surface area contributed by atoms with Crippen molar-refractivity contribution in [1.29, 1.82) is 0 Å². The molecule has 182 valence electrons. The van der Waals surface area contributed by atoms with Crippen molar-refractivity contribution in [3.8, 4) is 11.5 Å². The minimum absolute atomic E-state index is 0.0397. The van der Waals surface area contributed by atoms with Gasteiger partial charge in [0.1, 0.15) is 0 Å². The highest BCUT2D eigenvalue weighted by Crippen LogP contribution is 2.47. The minimum atomic E-state index is -1.37. The van der Waals surface area contributed by atoms with Crippen molar-refractivity contribution in [3.05, 3.63) is 23.3 Å². The fraction of sp³-hybridized carbons (Fsp3) is 0.500. The third-order valence-corrected chi connectivity index (χ3v) is 5.72. The highest BCUT2D eigenvalue weighted by atomic mass is 16.7. The van der Waals surface area contributed by atoms with Crippen LogP contribution in [0.5, 0.6) is 11.5 Å². The Labute approximate surface area is 193 Å². The Morgan fingerprint density at radius 3 is 1.79 bits per heavy atom. The van der Waals surface area contributed by atoms with Gasteiger partial charge >= 0.3 is 23.9 Å². The van der Waals surface area contributed by atoms with Crippen LogP contribution in [-0.2, 0) is 38.1 Å². The van der Waals surface area contributed by atoms with Crippen molar-refractivity contribution in [2.75, 3.05) is 6.79 Å². The molecule has 0 spiro atoms. The molecule has 12 nitrogen and oxygen atoms in total. The van der Waals surface area contributed by atoms with Crippen molar-refractivity contribution in [2.24, 2.45) is 0 Å². The normalized spacial score (nSPS) is 28.5. The van der Waals surface area contributed by atoms with E-state index in [1.807, 2.05) is 0 Å². The molecule has 34 heavy (non-hydrogen) atoms. The summed E-state index contributed by atoms with van der Waals surface area (Å²) in [5.41, 5.74) is 0.622. The number of hydrogen-bond acceptors (Lipinski definition) is 11. The summed E-state index contributed by atoms with van der Waals surface area (Å²) in [6.45, 7) is 4.54. The van der Waals surface area contributed by atoms with Crippen LogP contribution in [0.4, 0.5) is 0 Å². The van der Waals surface area contributed by atoms with Crippen LogP contribution in [0.15, 0.2) is 12.1 Å². The Balaban J connectivity index is 1.91. The Bertz CT molecular complexity index is 1070. The van der Waals surface area contributed by atoms with Crippen LogP contribution in [0.25, 0.3) is 0 Å². The lowest BCUT2D eigenvalue weighted by Gasteiger charge is -2.50. The lowest BCUT2D eigenvalue weighted by atomic mass is 9.69. The predicted octanol–water partition coefficient (Wildman–Crippen LogP) is 0.351. The molecule has 12 heteroatoms. The molecule has 1 fully saturated rings. The number of carbonyl (C=O) groups is 5. The van der Waals surface area contributed by atoms with Crippen molar-refractivity contribution in [3.63, 3.8) is 0 Å². The Kier molecular flexibility index (Phi) is 6.07. The second-order valence-corrected chi connectivity index (χ2v) is 8.11. The van der Waals surface area contributed by atoms with Crippen molar-refractivity contribution in [2.45, 2.75) is 64.1 Å². The summed E-state index contributed by atoms with van der Waals surface area (Å²) in [6, 6.07) is 2.07. The molecular weight excluding hydrogens is 454 g/mol. The molecule has 0 bridgehead atoms. The molecule has 1 amide bonds. The number of carbonyl (C=O) groups excluding carboxylic acids is 5. The van der Waals surface area contributed by atoms with Gasteiger partial charge in [-0.1, -0.05) is 0 Å². The van der Waals surface area contributed by atoms with Crippen LogP contribution in [0.3, 0.4) is 0 Å². The van der Waals surface area contributed by atoms with Gasteiger partial charge < -0.3 is 33.7 Å². The molecular formula is C22H23NO11. The average Bonchev–Trinajstić information content (AvgIpc) is 3.18. The first-order chi connectivity index (χ1) is 16.1. The zero-order valence-electron chi connectivity index (χ0n) is 18.8. The largest absolute Gasteiger partial charge is 0.458 e. The summed E-state index contributed by atoms with van der Waals surface area (Å²) in [5, 5.41) is 2.77. The summed E-state index contributed by atoms with van der Waals surface area (Å²) < 4.78 is 32.7. The first kappa shape index (κ1) is 23.3. The first-order valence-electron chi connectivity index (χ1n) is 10.5. The van der Waals surface area contributed by atoms with Crippen LogP contribution >= 0.6 is 0 Å². The van der Waals surface area contributed by atoms with Crippen molar-refractivity contribution < 1.29 is 52.4 Å². The number of rotatable bonds is 4. The number of ether oxygens (including phenoxy) is 6. The standard InChI is InChI=1S/C22H23NO11/c1-8(24)31-18-16-12-5-14-15(30-7-29-14)6-13(12)22(28)23-17(16)19(32-9(2)25)21(34-11(4)27)20(18)33-10(3)26/h5-6,16-21H,7H2,1-4H3,(H,23,28)/t16?,17-,18?,19?,20+,21?/m1/s1. The highest BCUT2D eigenvalue weighted by molar-refractivity contribution is 5.98. The number of benzene rings is 1. The summed E-state index contributed by atoms with van der Waals surface area (Å²) in [7, 11) is 0. The maximum absolute atomic E-state index is 13.0. The molecule has 6 atom stereocenters. The van der Waals surface area contributed by atoms with Gasteiger partial charge in [0.15, 0.2) is 35.9 Å². The summed E-state index contributed by atoms with van der Waals surface area (Å²) in [5.74, 6) is -3.57. The highest BCUT2D eigenvalue weighted by Gasteiger charge is 2.60. The molecule has 3 aliphatic rings. The van der Waals surface area contributed by atoms with E-state index in [2.05, 4.69) is 5.32 Å². The second-order valence-electron chi connectivity index (χ2n) is 8.11. The van der Waals surface area contributed by atoms with E-state index >= 15 is 0 Å². The van der Waals surface area contributed by atoms with Crippen LogP contribution in [0.2, 0.25) is 0 Å². The van der Waals surface area contributed by atoms with Gasteiger partial charge in [0.25, 0.3) is 5.91 Å². The lowest BCUT2D eigenvalue weighted by Crippen LogP contribution is -2.69. The SMILES string of the molecule is CC(=O)OC1C(OC(C)=O)[C@@H](OC(C)=O)C(OC(C)=O)C2c3cc4c(cc3C(=O)N[C@@H]12)OCO4. The molecule has 0 saturated heterocycles. The van der Waals surface area contributed by atoms with E-state index in [-0.39, 0.29) is 12.4 Å². The smallest absolute Gasteiger partial charge is 0.303 e. The van der Waals surface area contributed by atoms with Gasteiger partial charge in [-0.2, -0.15) is 0 Å². The maximum Gasteiger partial charge on any atom is 0.303 e. The van der Waals surface area contributed by atoms with E-state index in [1.54, 1.807) is 6.07 Å². The fourth-order valence-electron chi connectivity index (χ4n) is 4.71. The third-order valence-electron chi connectivity index (χ3n) is 5.72. The first-order valence-corrected chi connectivity index (χ1v) is 10.5. The molecule has 0 aromatic heterocycles. The van der Waals surface area contributed by atoms with Crippen LogP contribution in [0, 0.1) is 0 Å². The van der Waals surface area contributed by atoms with Crippen LogP contribution < -0.4 is 14.8 Å². The van der Waals surface area contributed by atoms with Crippen LogP contribution in [-0.4, -0.2) is 67.0 Å². The average molecular weight is 477 g/mol. The van der Waals surface area contributed by atoms with Gasteiger partial charge in [-0.15, -0.1) is 0 Å². The second kappa shape index (κ2) is 8.84. The summed E-state index contributed by atoms with van der Waals surface area (Å²) >= 11 is 0. The molecule has 4 rings (SSSR count). The quantitative estimate of drug-likeness (QED) is 0.472. The van der Waals surface area contributed by atoms with Crippen LogP contribution in [0.1, 0.15) is 49.5 Å². The topological polar surface area (TPSA) is 153 Å². The van der Waals surface area contributed by atoms with E-state index in [9.17, 15) is 24.0 Å². The van der Waals surface area contributed by atoms with Crippen molar-refractivity contribution >= 4 is 29.8 Å². The summed E-state index contributed by atoms with van der Waals surface area (Å²) in [6.07, 6.45) is -5.18. The van der Waals surface area contributed by atoms with Crippen molar-refractivity contribution in [1.82, 2.24) is 5.32 Å². The Morgan fingerprint density at radius 2 is 1.24 bits per heavy atom. The molecule has 2 aliphatic heterocycles. The zero-order valence-corrected chi connectivity index (χ0v) is 18.8. The number of nitrogens with one attached hydrogen (secondary N) is 1. The molecule has 4 unspecified atom stereocenters. The van der Waals surface area contributed by atoms with E-state index in [4.69, 9.17) is 28.4 Å².